The third-order valence-electron chi connectivity index (χ3n) is 4.25. The fourth-order valence-corrected chi connectivity index (χ4v) is 2.98. The Bertz CT molecular complexity index is 897. The molecule has 0 bridgehead atoms. The average molecular weight is 337 g/mol. The maximum Gasteiger partial charge on any atom is 0.320 e. The number of carbonyl (C=O) groups is 2. The van der Waals surface area contributed by atoms with Crippen LogP contribution in [0.5, 0.6) is 0 Å². The Morgan fingerprint density at radius 1 is 0.920 bits per heavy atom. The molecule has 3 rings (SSSR count). The summed E-state index contributed by atoms with van der Waals surface area (Å²) in [7, 11) is 2.53. The van der Waals surface area contributed by atoms with Gasteiger partial charge in [-0.1, -0.05) is 36.4 Å². The Morgan fingerprint density at radius 3 is 2.28 bits per heavy atom. The number of carbonyl (C=O) groups excluding carboxylic acids is 2. The highest BCUT2D eigenvalue weighted by atomic mass is 16.5. The van der Waals surface area contributed by atoms with Gasteiger partial charge >= 0.3 is 11.9 Å². The molecule has 0 N–H and O–H groups in total. The number of para-hydroxylation sites is 2. The van der Waals surface area contributed by atoms with E-state index >= 15 is 0 Å². The Kier molecular flexibility index (Phi) is 4.84. The highest BCUT2D eigenvalue weighted by Gasteiger charge is 2.29. The third-order valence-corrected chi connectivity index (χ3v) is 4.25. The van der Waals surface area contributed by atoms with Gasteiger partial charge in [-0.05, 0) is 35.6 Å². The van der Waals surface area contributed by atoms with E-state index in [-0.39, 0.29) is 6.42 Å². The van der Waals surface area contributed by atoms with Crippen LogP contribution in [-0.4, -0.2) is 30.7 Å². The largest absolute Gasteiger partial charge is 0.468 e. The molecule has 1 aromatic heterocycles. The van der Waals surface area contributed by atoms with E-state index in [2.05, 4.69) is 4.57 Å². The zero-order valence-electron chi connectivity index (χ0n) is 14.1. The topological polar surface area (TPSA) is 57.5 Å². The molecule has 0 saturated heterocycles. The molecule has 2 aromatic carbocycles. The van der Waals surface area contributed by atoms with Crippen molar-refractivity contribution in [2.75, 3.05) is 14.2 Å². The summed E-state index contributed by atoms with van der Waals surface area (Å²) < 4.78 is 11.6. The lowest BCUT2D eigenvalue weighted by Crippen LogP contribution is -2.28. The molecule has 25 heavy (non-hydrogen) atoms. The lowest BCUT2D eigenvalue weighted by molar-refractivity contribution is -0.158. The summed E-state index contributed by atoms with van der Waals surface area (Å²) in [5, 5.41) is 1.12. The van der Waals surface area contributed by atoms with Crippen molar-refractivity contribution in [2.45, 2.75) is 6.42 Å². The van der Waals surface area contributed by atoms with Crippen LogP contribution in [0.2, 0.25) is 0 Å². The number of nitrogens with zero attached hydrogens (tertiary/aromatic N) is 1. The maximum absolute atomic E-state index is 12.0. The molecule has 0 aliphatic heterocycles. The number of hydrogen-bond acceptors (Lipinski definition) is 4. The molecule has 0 fully saturated rings. The second kappa shape index (κ2) is 7.21. The summed E-state index contributed by atoms with van der Waals surface area (Å²) in [6.45, 7) is 0. The second-order valence-electron chi connectivity index (χ2n) is 5.68. The van der Waals surface area contributed by atoms with E-state index in [4.69, 9.17) is 9.47 Å². The normalized spacial score (nSPS) is 10.8. The van der Waals surface area contributed by atoms with E-state index in [9.17, 15) is 9.59 Å². The van der Waals surface area contributed by atoms with Gasteiger partial charge in [0.2, 0.25) is 0 Å². The summed E-state index contributed by atoms with van der Waals surface area (Å²) >= 11 is 0. The van der Waals surface area contributed by atoms with E-state index in [0.29, 0.717) is 0 Å². The fourth-order valence-electron chi connectivity index (χ4n) is 2.98. The van der Waals surface area contributed by atoms with Gasteiger partial charge in [0, 0.05) is 11.9 Å². The molecule has 0 aliphatic rings. The molecule has 3 aromatic rings. The lowest BCUT2D eigenvalue weighted by atomic mass is 9.98. The van der Waals surface area contributed by atoms with Crippen LogP contribution in [-0.2, 0) is 25.5 Å². The van der Waals surface area contributed by atoms with E-state index in [1.54, 1.807) is 0 Å². The summed E-state index contributed by atoms with van der Waals surface area (Å²) in [5.41, 5.74) is 2.84. The van der Waals surface area contributed by atoms with E-state index < -0.39 is 17.9 Å². The highest BCUT2D eigenvalue weighted by Crippen LogP contribution is 2.25. The Morgan fingerprint density at radius 2 is 1.56 bits per heavy atom. The lowest BCUT2D eigenvalue weighted by Gasteiger charge is -2.16. The minimum atomic E-state index is -0.988. The minimum Gasteiger partial charge on any atom is -0.468 e. The smallest absolute Gasteiger partial charge is 0.320 e. The van der Waals surface area contributed by atoms with E-state index in [1.165, 1.54) is 14.2 Å². The predicted molar refractivity (Wildman–Crippen MR) is 94.5 cm³/mol. The van der Waals surface area contributed by atoms with Crippen molar-refractivity contribution < 1.29 is 19.1 Å². The average Bonchev–Trinajstić information content (AvgIpc) is 3.09. The summed E-state index contributed by atoms with van der Waals surface area (Å²) in [4.78, 5) is 24.0. The van der Waals surface area contributed by atoms with E-state index in [1.807, 2.05) is 60.8 Å². The van der Waals surface area contributed by atoms with Crippen LogP contribution >= 0.6 is 0 Å². The predicted octanol–water partition coefficient (Wildman–Crippen LogP) is 3.14. The SMILES string of the molecule is COC(=O)C(Cc1ccccc1-n1ccc2ccccc21)C(=O)OC. The van der Waals surface area contributed by atoms with Gasteiger partial charge in [0.1, 0.15) is 0 Å². The van der Waals surface area contributed by atoms with Gasteiger partial charge in [-0.15, -0.1) is 0 Å². The molecule has 0 aliphatic carbocycles. The number of benzene rings is 2. The number of esters is 2. The quantitative estimate of drug-likeness (QED) is 0.530. The first kappa shape index (κ1) is 16.8. The van der Waals surface area contributed by atoms with Crippen LogP contribution in [0.3, 0.4) is 0 Å². The van der Waals surface area contributed by atoms with Gasteiger partial charge in [0.15, 0.2) is 5.92 Å². The van der Waals surface area contributed by atoms with Crippen molar-refractivity contribution in [1.82, 2.24) is 4.57 Å². The number of methoxy groups -OCH3 is 2. The van der Waals surface area contributed by atoms with Crippen LogP contribution in [0.4, 0.5) is 0 Å². The molecular formula is C20H19NO4. The molecule has 0 saturated carbocycles. The van der Waals surface area contributed by atoms with Crippen LogP contribution in [0, 0.1) is 5.92 Å². The molecule has 5 nitrogen and oxygen atoms in total. The Labute approximate surface area is 145 Å². The molecule has 5 heteroatoms. The first-order valence-corrected chi connectivity index (χ1v) is 7.95. The van der Waals surface area contributed by atoms with Crippen LogP contribution < -0.4 is 0 Å². The summed E-state index contributed by atoms with van der Waals surface area (Å²) in [6.07, 6.45) is 2.19. The molecule has 0 spiro atoms. The first-order valence-electron chi connectivity index (χ1n) is 7.95. The van der Waals surface area contributed by atoms with E-state index in [0.717, 1.165) is 22.2 Å². The number of ether oxygens (including phenoxy) is 2. The Hall–Kier alpha value is -3.08. The molecule has 0 atom stereocenters. The number of hydrogen-bond donors (Lipinski definition) is 0. The van der Waals surface area contributed by atoms with Crippen LogP contribution in [0.1, 0.15) is 5.56 Å². The highest BCUT2D eigenvalue weighted by molar-refractivity contribution is 5.95. The fraction of sp³-hybridized carbons (Fsp3) is 0.200. The van der Waals surface area contributed by atoms with Gasteiger partial charge in [0.05, 0.1) is 19.7 Å². The van der Waals surface area contributed by atoms with Crippen molar-refractivity contribution in [1.29, 1.82) is 0 Å². The number of rotatable bonds is 5. The Balaban J connectivity index is 2.04. The first-order chi connectivity index (χ1) is 12.2. The van der Waals surface area contributed by atoms with Gasteiger partial charge in [0.25, 0.3) is 0 Å². The van der Waals surface area contributed by atoms with Gasteiger partial charge in [-0.25, -0.2) is 0 Å². The van der Waals surface area contributed by atoms with Crippen LogP contribution in [0.15, 0.2) is 60.8 Å². The number of aromatic nitrogens is 1. The van der Waals surface area contributed by atoms with Gasteiger partial charge in [-0.2, -0.15) is 0 Å². The van der Waals surface area contributed by atoms with Crippen LogP contribution in [0.25, 0.3) is 16.6 Å². The van der Waals surface area contributed by atoms with Gasteiger partial charge in [-0.3, -0.25) is 9.59 Å². The van der Waals surface area contributed by atoms with Crippen molar-refractivity contribution in [2.24, 2.45) is 5.92 Å². The third kappa shape index (κ3) is 3.26. The monoisotopic (exact) mass is 337 g/mol. The van der Waals surface area contributed by atoms with Crippen molar-refractivity contribution in [3.8, 4) is 5.69 Å². The zero-order chi connectivity index (χ0) is 17.8. The molecule has 0 radical (unpaired) electrons. The maximum atomic E-state index is 12.0. The molecule has 128 valence electrons. The number of fused-ring (bicyclic) bond motifs is 1. The van der Waals surface area contributed by atoms with Gasteiger partial charge < -0.3 is 14.0 Å². The summed E-state index contributed by atoms with van der Waals surface area (Å²) in [6, 6.07) is 17.8. The molecule has 1 heterocycles. The molecule has 0 amide bonds. The van der Waals surface area contributed by atoms with Crippen molar-refractivity contribution >= 4 is 22.8 Å². The van der Waals surface area contributed by atoms with Crippen molar-refractivity contribution in [3.63, 3.8) is 0 Å². The molecule has 0 unspecified atom stereocenters. The zero-order valence-corrected chi connectivity index (χ0v) is 14.1. The second-order valence-corrected chi connectivity index (χ2v) is 5.68. The standard InChI is InChI=1S/C20H19NO4/c1-24-19(22)16(20(23)25-2)13-15-8-4-6-10-18(15)21-12-11-14-7-3-5-9-17(14)21/h3-12,16H,13H2,1-2H3. The molecular weight excluding hydrogens is 318 g/mol. The minimum absolute atomic E-state index is 0.210. The van der Waals surface area contributed by atoms with Crippen molar-refractivity contribution in [3.05, 3.63) is 66.4 Å². The summed E-state index contributed by atoms with van der Waals surface area (Å²) in [5.74, 6) is -2.18.